The highest BCUT2D eigenvalue weighted by atomic mass is 19.4. The van der Waals surface area contributed by atoms with Gasteiger partial charge in [0.25, 0.3) is 0 Å². The second kappa shape index (κ2) is 3.23. The third-order valence-corrected chi connectivity index (χ3v) is 2.07. The van der Waals surface area contributed by atoms with Gasteiger partial charge in [0.15, 0.2) is 6.10 Å². The summed E-state index contributed by atoms with van der Waals surface area (Å²) in [6, 6.07) is 3.87. The van der Waals surface area contributed by atoms with Gasteiger partial charge < -0.3 is 10.1 Å². The van der Waals surface area contributed by atoms with Crippen molar-refractivity contribution in [3.8, 4) is 0 Å². The maximum absolute atomic E-state index is 12.2. The Labute approximate surface area is 82.6 Å². The van der Waals surface area contributed by atoms with Crippen LogP contribution in [0.15, 0.2) is 24.5 Å². The van der Waals surface area contributed by atoms with Crippen LogP contribution in [0.5, 0.6) is 0 Å². The predicted octanol–water partition coefficient (Wildman–Crippen LogP) is 2.16. The molecule has 0 aliphatic heterocycles. The van der Waals surface area contributed by atoms with E-state index in [4.69, 9.17) is 5.11 Å². The highest BCUT2D eigenvalue weighted by molar-refractivity contribution is 5.75. The molecule has 1 unspecified atom stereocenters. The van der Waals surface area contributed by atoms with Gasteiger partial charge in [-0.2, -0.15) is 13.2 Å². The van der Waals surface area contributed by atoms with Crippen LogP contribution in [-0.2, 0) is 0 Å². The Morgan fingerprint density at radius 3 is 2.73 bits per heavy atom. The second-order valence-electron chi connectivity index (χ2n) is 3.12. The average molecular weight is 216 g/mol. The molecule has 6 heteroatoms. The third-order valence-electron chi connectivity index (χ3n) is 2.07. The fourth-order valence-corrected chi connectivity index (χ4v) is 1.31. The Hall–Kier alpha value is -1.56. The molecular weight excluding hydrogens is 209 g/mol. The maximum atomic E-state index is 12.2. The summed E-state index contributed by atoms with van der Waals surface area (Å²) in [5.74, 6) is 0. The molecule has 0 bridgehead atoms. The number of fused-ring (bicyclic) bond motifs is 1. The van der Waals surface area contributed by atoms with Crippen molar-refractivity contribution in [1.82, 2.24) is 9.97 Å². The minimum atomic E-state index is -4.65. The number of rotatable bonds is 1. The molecule has 0 aliphatic rings. The molecule has 2 N–H and O–H groups in total. The van der Waals surface area contributed by atoms with Crippen molar-refractivity contribution in [2.75, 3.05) is 0 Å². The first-order valence-electron chi connectivity index (χ1n) is 4.16. The Kier molecular flexibility index (Phi) is 2.15. The molecule has 0 saturated heterocycles. The quantitative estimate of drug-likeness (QED) is 0.767. The molecule has 0 amide bonds. The van der Waals surface area contributed by atoms with Crippen molar-refractivity contribution in [3.05, 3.63) is 30.1 Å². The Bertz CT molecular complexity index is 477. The van der Waals surface area contributed by atoms with Gasteiger partial charge >= 0.3 is 6.18 Å². The molecule has 0 fully saturated rings. The summed E-state index contributed by atoms with van der Waals surface area (Å²) in [6.45, 7) is 0. The molecule has 0 radical (unpaired) electrons. The molecule has 1 heterocycles. The van der Waals surface area contributed by atoms with E-state index in [2.05, 4.69) is 9.97 Å². The van der Waals surface area contributed by atoms with Crippen molar-refractivity contribution < 1.29 is 18.3 Å². The summed E-state index contributed by atoms with van der Waals surface area (Å²) in [4.78, 5) is 6.54. The first-order valence-corrected chi connectivity index (χ1v) is 4.16. The van der Waals surface area contributed by atoms with Gasteiger partial charge in [-0.15, -0.1) is 0 Å². The number of aromatic amines is 1. The second-order valence-corrected chi connectivity index (χ2v) is 3.12. The molecule has 0 aliphatic carbocycles. The van der Waals surface area contributed by atoms with E-state index in [-0.39, 0.29) is 5.56 Å². The van der Waals surface area contributed by atoms with E-state index in [1.165, 1.54) is 24.5 Å². The number of aliphatic hydroxyl groups excluding tert-OH is 1. The van der Waals surface area contributed by atoms with Crippen LogP contribution in [0, 0.1) is 0 Å². The Balaban J connectivity index is 2.44. The van der Waals surface area contributed by atoms with Crippen LogP contribution in [0.1, 0.15) is 11.7 Å². The molecule has 0 saturated carbocycles. The highest BCUT2D eigenvalue weighted by Crippen LogP contribution is 2.33. The summed E-state index contributed by atoms with van der Waals surface area (Å²) < 4.78 is 36.6. The van der Waals surface area contributed by atoms with E-state index in [1.807, 2.05) is 0 Å². The smallest absolute Gasteiger partial charge is 0.379 e. The Morgan fingerprint density at radius 2 is 2.07 bits per heavy atom. The fraction of sp³-hybridized carbons (Fsp3) is 0.222. The van der Waals surface area contributed by atoms with E-state index in [0.29, 0.717) is 11.0 Å². The molecule has 1 aromatic carbocycles. The zero-order valence-electron chi connectivity index (χ0n) is 7.42. The van der Waals surface area contributed by atoms with E-state index in [9.17, 15) is 13.2 Å². The van der Waals surface area contributed by atoms with Crippen LogP contribution in [0.3, 0.4) is 0 Å². The summed E-state index contributed by atoms with van der Waals surface area (Å²) in [7, 11) is 0. The molecule has 2 aromatic rings. The van der Waals surface area contributed by atoms with Crippen molar-refractivity contribution in [2.45, 2.75) is 12.3 Å². The van der Waals surface area contributed by atoms with Gasteiger partial charge in [-0.1, -0.05) is 6.07 Å². The van der Waals surface area contributed by atoms with Crippen LogP contribution >= 0.6 is 0 Å². The number of benzene rings is 1. The average Bonchev–Trinajstić information content (AvgIpc) is 2.61. The summed E-state index contributed by atoms with van der Waals surface area (Å²) in [6.07, 6.45) is -5.72. The minimum absolute atomic E-state index is 0.195. The van der Waals surface area contributed by atoms with Gasteiger partial charge in [0.05, 0.1) is 17.4 Å². The van der Waals surface area contributed by atoms with Gasteiger partial charge in [-0.3, -0.25) is 0 Å². The monoisotopic (exact) mass is 216 g/mol. The number of nitrogens with one attached hydrogen (secondary N) is 1. The molecule has 15 heavy (non-hydrogen) atoms. The maximum Gasteiger partial charge on any atom is 0.418 e. The molecular formula is C9H7F3N2O. The van der Waals surface area contributed by atoms with Gasteiger partial charge in [0.2, 0.25) is 0 Å². The predicted molar refractivity (Wildman–Crippen MR) is 47.1 cm³/mol. The number of H-pyrrole nitrogens is 1. The van der Waals surface area contributed by atoms with Crippen molar-refractivity contribution in [1.29, 1.82) is 0 Å². The minimum Gasteiger partial charge on any atom is -0.379 e. The first kappa shape index (κ1) is 9.97. The zero-order chi connectivity index (χ0) is 11.1. The lowest BCUT2D eigenvalue weighted by Gasteiger charge is -2.14. The molecule has 80 valence electrons. The largest absolute Gasteiger partial charge is 0.418 e. The zero-order valence-corrected chi connectivity index (χ0v) is 7.42. The van der Waals surface area contributed by atoms with Crippen molar-refractivity contribution >= 4 is 11.0 Å². The van der Waals surface area contributed by atoms with Gasteiger partial charge in [0.1, 0.15) is 0 Å². The van der Waals surface area contributed by atoms with Crippen LogP contribution < -0.4 is 0 Å². The van der Waals surface area contributed by atoms with Gasteiger partial charge in [-0.25, -0.2) is 4.98 Å². The van der Waals surface area contributed by atoms with Crippen LogP contribution in [0.2, 0.25) is 0 Å². The van der Waals surface area contributed by atoms with E-state index < -0.39 is 12.3 Å². The van der Waals surface area contributed by atoms with Crippen LogP contribution in [0.25, 0.3) is 11.0 Å². The summed E-state index contributed by atoms with van der Waals surface area (Å²) in [5.41, 5.74) is 0.836. The summed E-state index contributed by atoms with van der Waals surface area (Å²) in [5, 5.41) is 8.99. The van der Waals surface area contributed by atoms with Crippen molar-refractivity contribution in [3.63, 3.8) is 0 Å². The normalized spacial score (nSPS) is 14.4. The number of imidazole rings is 1. The van der Waals surface area contributed by atoms with Gasteiger partial charge in [-0.05, 0) is 17.7 Å². The lowest BCUT2D eigenvalue weighted by molar-refractivity contribution is -0.206. The lowest BCUT2D eigenvalue weighted by Crippen LogP contribution is -2.20. The van der Waals surface area contributed by atoms with E-state index in [1.54, 1.807) is 0 Å². The molecule has 1 aromatic heterocycles. The third kappa shape index (κ3) is 1.80. The molecule has 3 nitrogen and oxygen atoms in total. The molecule has 0 spiro atoms. The topological polar surface area (TPSA) is 48.9 Å². The number of hydrogen-bond donors (Lipinski definition) is 2. The number of halogens is 3. The van der Waals surface area contributed by atoms with Crippen LogP contribution in [-0.4, -0.2) is 21.3 Å². The number of aliphatic hydroxyl groups is 1. The SMILES string of the molecule is OC(c1ccc2nc[nH]c2c1)C(F)(F)F. The van der Waals surface area contributed by atoms with Crippen LogP contribution in [0.4, 0.5) is 13.2 Å². The highest BCUT2D eigenvalue weighted by Gasteiger charge is 2.39. The number of alkyl halides is 3. The number of aromatic nitrogens is 2. The Morgan fingerprint density at radius 1 is 1.33 bits per heavy atom. The lowest BCUT2D eigenvalue weighted by atomic mass is 10.1. The van der Waals surface area contributed by atoms with Crippen molar-refractivity contribution in [2.24, 2.45) is 0 Å². The first-order chi connectivity index (χ1) is 6.98. The standard InChI is InChI=1S/C9H7F3N2O/c10-9(11,12)8(15)5-1-2-6-7(3-5)14-4-13-6/h1-4,8,15H,(H,13,14). The van der Waals surface area contributed by atoms with Gasteiger partial charge in [0, 0.05) is 0 Å². The molecule has 2 rings (SSSR count). The molecule has 1 atom stereocenters. The number of nitrogens with zero attached hydrogens (tertiary/aromatic N) is 1. The fourth-order valence-electron chi connectivity index (χ4n) is 1.31. The van der Waals surface area contributed by atoms with E-state index in [0.717, 1.165) is 0 Å². The summed E-state index contributed by atoms with van der Waals surface area (Å²) >= 11 is 0. The number of hydrogen-bond acceptors (Lipinski definition) is 2. The van der Waals surface area contributed by atoms with E-state index >= 15 is 0 Å².